The van der Waals surface area contributed by atoms with Crippen LogP contribution < -0.4 is 10.6 Å². The summed E-state index contributed by atoms with van der Waals surface area (Å²) in [5.74, 6) is -0.554. The van der Waals surface area contributed by atoms with E-state index in [1.54, 1.807) is 32.6 Å². The van der Waals surface area contributed by atoms with Gasteiger partial charge in [0, 0.05) is 12.6 Å². The SMILES string of the molecule is CCCCN(C(=O)C(C)NC(=O)OC(C)(C)C)C(C(=O)NC(C)C)c1c(C)cccc1C. The van der Waals surface area contributed by atoms with Crippen molar-refractivity contribution >= 4 is 17.9 Å². The predicted molar refractivity (Wildman–Crippen MR) is 127 cm³/mol. The van der Waals surface area contributed by atoms with Gasteiger partial charge in [0.1, 0.15) is 17.7 Å². The summed E-state index contributed by atoms with van der Waals surface area (Å²) in [6.45, 7) is 17.0. The number of hydrogen-bond donors (Lipinski definition) is 2. The molecule has 0 aromatic heterocycles. The number of carbonyl (C=O) groups excluding carboxylic acids is 3. The highest BCUT2D eigenvalue weighted by Crippen LogP contribution is 2.29. The molecule has 32 heavy (non-hydrogen) atoms. The summed E-state index contributed by atoms with van der Waals surface area (Å²) in [5, 5.41) is 5.60. The average Bonchev–Trinajstić information content (AvgIpc) is 2.63. The van der Waals surface area contributed by atoms with Gasteiger partial charge in [0.25, 0.3) is 0 Å². The lowest BCUT2D eigenvalue weighted by Crippen LogP contribution is -2.53. The summed E-state index contributed by atoms with van der Waals surface area (Å²) >= 11 is 0. The molecule has 180 valence electrons. The molecule has 7 heteroatoms. The fourth-order valence-corrected chi connectivity index (χ4v) is 3.54. The monoisotopic (exact) mass is 447 g/mol. The molecule has 0 spiro atoms. The van der Waals surface area contributed by atoms with Gasteiger partial charge in [-0.1, -0.05) is 31.5 Å². The minimum Gasteiger partial charge on any atom is -0.444 e. The van der Waals surface area contributed by atoms with Crippen molar-refractivity contribution in [1.29, 1.82) is 0 Å². The van der Waals surface area contributed by atoms with Crippen LogP contribution in [-0.2, 0) is 14.3 Å². The first-order valence-electron chi connectivity index (χ1n) is 11.4. The van der Waals surface area contributed by atoms with Gasteiger partial charge in [-0.25, -0.2) is 4.79 Å². The van der Waals surface area contributed by atoms with Gasteiger partial charge in [0.05, 0.1) is 0 Å². The number of nitrogens with zero attached hydrogens (tertiary/aromatic N) is 1. The molecule has 0 aliphatic rings. The quantitative estimate of drug-likeness (QED) is 0.587. The molecule has 0 aliphatic carbocycles. The fourth-order valence-electron chi connectivity index (χ4n) is 3.54. The molecule has 1 aromatic rings. The second-order valence-corrected chi connectivity index (χ2v) is 9.62. The van der Waals surface area contributed by atoms with Gasteiger partial charge in [-0.05, 0) is 78.5 Å². The summed E-state index contributed by atoms with van der Waals surface area (Å²) < 4.78 is 5.30. The van der Waals surface area contributed by atoms with E-state index in [1.807, 2.05) is 52.8 Å². The van der Waals surface area contributed by atoms with Crippen LogP contribution in [0.2, 0.25) is 0 Å². The van der Waals surface area contributed by atoms with E-state index in [2.05, 4.69) is 10.6 Å². The van der Waals surface area contributed by atoms with Gasteiger partial charge < -0.3 is 20.3 Å². The van der Waals surface area contributed by atoms with Crippen LogP contribution in [0.3, 0.4) is 0 Å². The molecule has 0 bridgehead atoms. The maximum absolute atomic E-state index is 13.6. The van der Waals surface area contributed by atoms with Crippen molar-refractivity contribution in [2.24, 2.45) is 0 Å². The molecular weight excluding hydrogens is 406 g/mol. The predicted octanol–water partition coefficient (Wildman–Crippen LogP) is 4.41. The van der Waals surface area contributed by atoms with E-state index in [-0.39, 0.29) is 17.9 Å². The molecule has 7 nitrogen and oxygen atoms in total. The Morgan fingerprint density at radius 2 is 1.59 bits per heavy atom. The number of nitrogens with one attached hydrogen (secondary N) is 2. The Hall–Kier alpha value is -2.57. The molecule has 0 saturated carbocycles. The first-order valence-corrected chi connectivity index (χ1v) is 11.4. The van der Waals surface area contributed by atoms with E-state index in [0.29, 0.717) is 6.54 Å². The van der Waals surface area contributed by atoms with Crippen molar-refractivity contribution in [3.63, 3.8) is 0 Å². The lowest BCUT2D eigenvalue weighted by molar-refractivity contribution is -0.142. The first kappa shape index (κ1) is 27.5. The number of unbranched alkanes of at least 4 members (excludes halogenated alkanes) is 1. The molecular formula is C25H41N3O4. The van der Waals surface area contributed by atoms with E-state index >= 15 is 0 Å². The van der Waals surface area contributed by atoms with Gasteiger partial charge in [0.15, 0.2) is 0 Å². The van der Waals surface area contributed by atoms with Crippen LogP contribution in [0.5, 0.6) is 0 Å². The summed E-state index contributed by atoms with van der Waals surface area (Å²) in [5.41, 5.74) is 2.03. The highest BCUT2D eigenvalue weighted by molar-refractivity contribution is 5.92. The average molecular weight is 448 g/mol. The number of alkyl carbamates (subject to hydrolysis) is 1. The molecule has 1 rings (SSSR count). The maximum atomic E-state index is 13.6. The second kappa shape index (κ2) is 11.9. The summed E-state index contributed by atoms with van der Waals surface area (Å²) in [4.78, 5) is 40.8. The molecule has 3 amide bonds. The van der Waals surface area contributed by atoms with Crippen molar-refractivity contribution < 1.29 is 19.1 Å². The van der Waals surface area contributed by atoms with Gasteiger partial charge >= 0.3 is 6.09 Å². The third-order valence-electron chi connectivity index (χ3n) is 4.95. The van der Waals surface area contributed by atoms with Gasteiger partial charge in [-0.15, -0.1) is 0 Å². The van der Waals surface area contributed by atoms with E-state index in [0.717, 1.165) is 29.5 Å². The minimum atomic E-state index is -0.847. The van der Waals surface area contributed by atoms with E-state index in [1.165, 1.54) is 0 Å². The number of aryl methyl sites for hydroxylation is 2. The highest BCUT2D eigenvalue weighted by Gasteiger charge is 2.36. The Balaban J connectivity index is 3.38. The molecule has 0 saturated heterocycles. The smallest absolute Gasteiger partial charge is 0.408 e. The fraction of sp³-hybridized carbons (Fsp3) is 0.640. The van der Waals surface area contributed by atoms with E-state index in [4.69, 9.17) is 4.74 Å². The lowest BCUT2D eigenvalue weighted by atomic mass is 9.93. The maximum Gasteiger partial charge on any atom is 0.408 e. The van der Waals surface area contributed by atoms with Crippen molar-refractivity contribution in [3.05, 3.63) is 34.9 Å². The molecule has 0 radical (unpaired) electrons. The third kappa shape index (κ3) is 8.17. The molecule has 2 atom stereocenters. The van der Waals surface area contributed by atoms with Gasteiger partial charge in [-0.3, -0.25) is 9.59 Å². The largest absolute Gasteiger partial charge is 0.444 e. The number of ether oxygens (including phenoxy) is 1. The van der Waals surface area contributed by atoms with E-state index in [9.17, 15) is 14.4 Å². The van der Waals surface area contributed by atoms with Gasteiger partial charge in [-0.2, -0.15) is 0 Å². The van der Waals surface area contributed by atoms with Crippen LogP contribution in [-0.4, -0.2) is 47.0 Å². The van der Waals surface area contributed by atoms with Crippen LogP contribution in [0, 0.1) is 13.8 Å². The van der Waals surface area contributed by atoms with Crippen molar-refractivity contribution in [2.45, 2.75) is 98.9 Å². The normalized spacial score (nSPS) is 13.3. The summed E-state index contributed by atoms with van der Waals surface area (Å²) in [7, 11) is 0. The van der Waals surface area contributed by atoms with Crippen LogP contribution in [0.25, 0.3) is 0 Å². The van der Waals surface area contributed by atoms with Crippen LogP contribution in [0.15, 0.2) is 18.2 Å². The molecule has 2 N–H and O–H groups in total. The summed E-state index contributed by atoms with van der Waals surface area (Å²) in [6.07, 6.45) is 0.938. The topological polar surface area (TPSA) is 87.7 Å². The van der Waals surface area contributed by atoms with Crippen molar-refractivity contribution in [1.82, 2.24) is 15.5 Å². The zero-order chi connectivity index (χ0) is 24.6. The van der Waals surface area contributed by atoms with Gasteiger partial charge in [0.2, 0.25) is 11.8 Å². The molecule has 0 heterocycles. The number of amides is 3. The highest BCUT2D eigenvalue weighted by atomic mass is 16.6. The number of benzene rings is 1. The second-order valence-electron chi connectivity index (χ2n) is 9.62. The third-order valence-corrected chi connectivity index (χ3v) is 4.95. The molecule has 1 aromatic carbocycles. The molecule has 0 fully saturated rings. The van der Waals surface area contributed by atoms with Crippen molar-refractivity contribution in [2.75, 3.05) is 6.54 Å². The Morgan fingerprint density at radius 1 is 1.03 bits per heavy atom. The Labute approximate surface area is 193 Å². The number of rotatable bonds is 9. The minimum absolute atomic E-state index is 0.0743. The molecule has 2 unspecified atom stereocenters. The standard InChI is InChI=1S/C25H41N3O4/c1-10-11-15-28(23(30)19(6)27-24(31)32-25(7,8)9)21(22(29)26-16(2)3)20-17(4)13-12-14-18(20)5/h12-14,16,19,21H,10-11,15H2,1-9H3,(H,26,29)(H,27,31). The molecule has 0 aliphatic heterocycles. The Kier molecular flexibility index (Phi) is 10.2. The Morgan fingerprint density at radius 3 is 2.06 bits per heavy atom. The van der Waals surface area contributed by atoms with Crippen molar-refractivity contribution in [3.8, 4) is 0 Å². The first-order chi connectivity index (χ1) is 14.8. The van der Waals surface area contributed by atoms with Crippen LogP contribution >= 0.6 is 0 Å². The zero-order valence-corrected chi connectivity index (χ0v) is 21.2. The van der Waals surface area contributed by atoms with E-state index < -0.39 is 23.8 Å². The number of carbonyl (C=O) groups is 3. The van der Waals surface area contributed by atoms with Crippen LogP contribution in [0.4, 0.5) is 4.79 Å². The Bertz CT molecular complexity index is 779. The van der Waals surface area contributed by atoms with Crippen LogP contribution in [0.1, 0.15) is 84.0 Å². The zero-order valence-electron chi connectivity index (χ0n) is 21.2. The summed E-state index contributed by atoms with van der Waals surface area (Å²) in [6, 6.07) is 4.12. The number of hydrogen-bond acceptors (Lipinski definition) is 4. The lowest BCUT2D eigenvalue weighted by Gasteiger charge is -2.35.